The van der Waals surface area contributed by atoms with Crippen LogP contribution in [0.5, 0.6) is 23.3 Å². The van der Waals surface area contributed by atoms with Gasteiger partial charge in [-0.05, 0) is 117 Å². The van der Waals surface area contributed by atoms with E-state index in [9.17, 15) is 0 Å². The van der Waals surface area contributed by atoms with Crippen molar-refractivity contribution < 1.29 is 18.9 Å². The molecule has 10 heteroatoms. The zero-order valence-electron chi connectivity index (χ0n) is 38.6. The van der Waals surface area contributed by atoms with Gasteiger partial charge in [0, 0.05) is 52.9 Å². The monoisotopic (exact) mass is 880 g/mol. The van der Waals surface area contributed by atoms with Crippen molar-refractivity contribution in [3.63, 3.8) is 0 Å². The molecule has 10 atom stereocenters. The van der Waals surface area contributed by atoms with Crippen molar-refractivity contribution in [1.29, 1.82) is 0 Å². The summed E-state index contributed by atoms with van der Waals surface area (Å²) in [5.74, 6) is 5.70. The van der Waals surface area contributed by atoms with Gasteiger partial charge in [-0.25, -0.2) is 0 Å². The van der Waals surface area contributed by atoms with Crippen LogP contribution in [-0.2, 0) is 0 Å². The van der Waals surface area contributed by atoms with Crippen LogP contribution in [0.3, 0.4) is 0 Å². The summed E-state index contributed by atoms with van der Waals surface area (Å²) in [4.78, 5) is 26.0. The van der Waals surface area contributed by atoms with Crippen molar-refractivity contribution in [2.45, 2.75) is 76.7 Å². The van der Waals surface area contributed by atoms with Gasteiger partial charge in [-0.1, -0.05) is 87.4 Å². The van der Waals surface area contributed by atoms with Crippen LogP contribution >= 0.6 is 0 Å². The van der Waals surface area contributed by atoms with E-state index in [0.29, 0.717) is 41.3 Å². The van der Waals surface area contributed by atoms with Gasteiger partial charge in [0.15, 0.2) is 5.82 Å². The quantitative estimate of drug-likeness (QED) is 0.105. The summed E-state index contributed by atoms with van der Waals surface area (Å²) in [5.41, 5.74) is 6.48. The highest BCUT2D eigenvalue weighted by atomic mass is 16.5. The van der Waals surface area contributed by atoms with Crippen molar-refractivity contribution in [3.8, 4) is 45.8 Å². The number of rotatable bonds is 14. The van der Waals surface area contributed by atoms with Crippen LogP contribution in [0.1, 0.15) is 75.7 Å². The summed E-state index contributed by atoms with van der Waals surface area (Å²) in [6.07, 6.45) is 9.90. The van der Waals surface area contributed by atoms with Gasteiger partial charge in [0.05, 0.1) is 37.3 Å². The second-order valence-corrected chi connectivity index (χ2v) is 18.9. The Bertz CT molecular complexity index is 2680. The highest BCUT2D eigenvalue weighted by Crippen LogP contribution is 2.50. The van der Waals surface area contributed by atoms with Crippen LogP contribution in [-0.4, -0.2) is 82.2 Å². The molecule has 7 aromatic rings. The Hall–Kier alpha value is -6.10. The average molecular weight is 881 g/mol. The van der Waals surface area contributed by atoms with E-state index in [0.717, 1.165) is 100 Å². The lowest BCUT2D eigenvalue weighted by atomic mass is 9.72. The molecule has 3 aromatic heterocycles. The SMILES string of the molecule is CC[C@@H]1CN2CC[C@@H]1C[C@@H]2[C@H](Oc1nc(-c2ccccc2)nc(O[C@H](c2ccnc3ccc(OC)cc23)[C@@H]2C[C@H]3CCN2C[C@@H]3CC)c1-c1ccccc1)c1ccnc2ccc(OC)cc12. The predicted molar refractivity (Wildman–Crippen MR) is 260 cm³/mol. The van der Waals surface area contributed by atoms with E-state index in [1.54, 1.807) is 14.2 Å². The van der Waals surface area contributed by atoms with Crippen LogP contribution in [0.2, 0.25) is 0 Å². The fraction of sp³-hybridized carbons (Fsp3) is 0.393. The number of hydrogen-bond donors (Lipinski definition) is 0. The van der Waals surface area contributed by atoms with E-state index in [-0.39, 0.29) is 12.1 Å². The first-order chi connectivity index (χ1) is 32.5. The minimum absolute atomic E-state index is 0.106. The summed E-state index contributed by atoms with van der Waals surface area (Å²) in [5, 5.41) is 2.02. The van der Waals surface area contributed by atoms with Gasteiger partial charge in [0.2, 0.25) is 11.8 Å². The Morgan fingerprint density at radius 3 is 1.47 bits per heavy atom. The maximum atomic E-state index is 7.76. The summed E-state index contributed by atoms with van der Waals surface area (Å²) < 4.78 is 27.2. The summed E-state index contributed by atoms with van der Waals surface area (Å²) in [7, 11) is 3.44. The molecule has 6 aliphatic rings. The molecule has 6 saturated heterocycles. The lowest BCUT2D eigenvalue weighted by molar-refractivity contribution is -0.0510. The molecule has 0 spiro atoms. The standard InChI is InChI=1S/C56H60N6O4/c1-5-35-33-61-27-23-39(35)29-49(61)52(43-21-25-57-47-19-17-41(63-3)31-45(43)47)65-55-51(37-13-9-7-10-14-37)56(60-54(59-55)38-15-11-8-12-16-38)66-53(50-30-40-24-28-62(50)34-36(40)6-2)44-22-26-58-48-20-18-42(64-4)32-46(44)48/h7-22,25-26,31-32,35-36,39-40,49-50,52-53H,5-6,23-24,27-30,33-34H2,1-4H3/t35-,36+,39-,40-,49-,50+,52-,53-/m1/s1. The van der Waals surface area contributed by atoms with Gasteiger partial charge in [-0.15, -0.1) is 0 Å². The minimum Gasteiger partial charge on any atom is -0.497 e. The Morgan fingerprint density at radius 2 is 1.05 bits per heavy atom. The Morgan fingerprint density at radius 1 is 0.576 bits per heavy atom. The summed E-state index contributed by atoms with van der Waals surface area (Å²) in [6.45, 7) is 8.88. The second kappa shape index (κ2) is 18.3. The van der Waals surface area contributed by atoms with Crippen molar-refractivity contribution >= 4 is 21.8 Å². The molecule has 13 rings (SSSR count). The summed E-state index contributed by atoms with van der Waals surface area (Å²) in [6, 6.07) is 37.4. The number of hydrogen-bond acceptors (Lipinski definition) is 10. The third kappa shape index (κ3) is 7.91. The zero-order chi connectivity index (χ0) is 44.7. The van der Waals surface area contributed by atoms with Crippen LogP contribution < -0.4 is 18.9 Å². The first kappa shape index (κ1) is 42.5. The van der Waals surface area contributed by atoms with Crippen LogP contribution in [0.25, 0.3) is 44.3 Å². The predicted octanol–water partition coefficient (Wildman–Crippen LogP) is 11.4. The number of ether oxygens (including phenoxy) is 4. The second-order valence-electron chi connectivity index (χ2n) is 18.9. The first-order valence-corrected chi connectivity index (χ1v) is 24.2. The topological polar surface area (TPSA) is 95.0 Å². The van der Waals surface area contributed by atoms with Crippen molar-refractivity contribution in [2.75, 3.05) is 40.4 Å². The lowest BCUT2D eigenvalue weighted by Crippen LogP contribution is -2.56. The average Bonchev–Trinajstić information content (AvgIpc) is 3.39. The molecule has 0 N–H and O–H groups in total. The lowest BCUT2D eigenvalue weighted by Gasteiger charge is -2.52. The number of benzene rings is 4. The fourth-order valence-electron chi connectivity index (χ4n) is 12.1. The third-order valence-corrected chi connectivity index (χ3v) is 15.6. The van der Waals surface area contributed by atoms with Crippen molar-refractivity contribution in [3.05, 3.63) is 133 Å². The van der Waals surface area contributed by atoms with E-state index in [1.165, 1.54) is 25.7 Å². The maximum Gasteiger partial charge on any atom is 0.229 e. The molecule has 9 heterocycles. The van der Waals surface area contributed by atoms with Gasteiger partial charge in [-0.3, -0.25) is 19.8 Å². The van der Waals surface area contributed by atoms with Gasteiger partial charge >= 0.3 is 0 Å². The molecule has 338 valence electrons. The Balaban J connectivity index is 1.13. The van der Waals surface area contributed by atoms with E-state index >= 15 is 0 Å². The minimum atomic E-state index is -0.393. The third-order valence-electron chi connectivity index (χ3n) is 15.6. The van der Waals surface area contributed by atoms with Crippen LogP contribution in [0.15, 0.2) is 122 Å². The van der Waals surface area contributed by atoms with E-state index in [2.05, 4.69) is 90.4 Å². The van der Waals surface area contributed by atoms with Gasteiger partial charge in [0.25, 0.3) is 0 Å². The molecule has 0 aliphatic carbocycles. The van der Waals surface area contributed by atoms with Gasteiger partial charge in [0.1, 0.15) is 29.3 Å². The molecule has 6 aliphatic heterocycles. The molecular formula is C56H60N6O4. The van der Waals surface area contributed by atoms with Crippen LogP contribution in [0, 0.1) is 23.7 Å². The number of aromatic nitrogens is 4. The molecule has 0 radical (unpaired) electrons. The van der Waals surface area contributed by atoms with Crippen molar-refractivity contribution in [1.82, 2.24) is 29.7 Å². The molecule has 4 bridgehead atoms. The van der Waals surface area contributed by atoms with E-state index in [4.69, 9.17) is 38.9 Å². The van der Waals surface area contributed by atoms with E-state index < -0.39 is 12.2 Å². The molecule has 0 amide bonds. The Labute approximate surface area is 388 Å². The number of methoxy groups -OCH3 is 2. The molecule has 10 nitrogen and oxygen atoms in total. The molecule has 0 saturated carbocycles. The number of piperidine rings is 6. The molecule has 2 unspecified atom stereocenters. The smallest absolute Gasteiger partial charge is 0.229 e. The number of nitrogens with zero attached hydrogens (tertiary/aromatic N) is 6. The highest BCUT2D eigenvalue weighted by Gasteiger charge is 2.47. The summed E-state index contributed by atoms with van der Waals surface area (Å²) >= 11 is 0. The molecular weight excluding hydrogens is 821 g/mol. The van der Waals surface area contributed by atoms with E-state index in [1.807, 2.05) is 54.9 Å². The van der Waals surface area contributed by atoms with Gasteiger partial charge in [-0.2, -0.15) is 9.97 Å². The van der Waals surface area contributed by atoms with Crippen molar-refractivity contribution in [2.24, 2.45) is 23.7 Å². The fourth-order valence-corrected chi connectivity index (χ4v) is 12.1. The Kier molecular flexibility index (Phi) is 11.8. The first-order valence-electron chi connectivity index (χ1n) is 24.2. The molecule has 4 aromatic carbocycles. The normalized spacial score (nSPS) is 25.4. The highest BCUT2D eigenvalue weighted by molar-refractivity contribution is 5.85. The molecule has 6 fully saturated rings. The molecule has 66 heavy (non-hydrogen) atoms. The largest absolute Gasteiger partial charge is 0.497 e. The number of fused-ring (bicyclic) bond motifs is 8. The number of pyridine rings is 2. The van der Waals surface area contributed by atoms with Crippen LogP contribution in [0.4, 0.5) is 0 Å². The zero-order valence-corrected chi connectivity index (χ0v) is 38.6. The van der Waals surface area contributed by atoms with Gasteiger partial charge < -0.3 is 18.9 Å². The maximum absolute atomic E-state index is 7.76.